The lowest BCUT2D eigenvalue weighted by atomic mass is 10.00. The third-order valence-corrected chi connectivity index (χ3v) is 5.51. The lowest BCUT2D eigenvalue weighted by Crippen LogP contribution is -2.55. The second-order valence-electron chi connectivity index (χ2n) is 6.93. The molecule has 1 saturated heterocycles. The van der Waals surface area contributed by atoms with E-state index in [1.54, 1.807) is 17.0 Å². The normalized spacial score (nSPS) is 18.9. The van der Waals surface area contributed by atoms with Crippen molar-refractivity contribution in [2.24, 2.45) is 0 Å². The van der Waals surface area contributed by atoms with Crippen LogP contribution in [0.5, 0.6) is 0 Å². The van der Waals surface area contributed by atoms with Gasteiger partial charge in [-0.2, -0.15) is 0 Å². The molecule has 1 fully saturated rings. The van der Waals surface area contributed by atoms with Gasteiger partial charge in [-0.15, -0.1) is 0 Å². The molecule has 0 spiro atoms. The molecular formula is C20H24ClFN4O4. The van der Waals surface area contributed by atoms with Crippen molar-refractivity contribution in [3.8, 4) is 0 Å². The van der Waals surface area contributed by atoms with Crippen molar-refractivity contribution in [2.75, 3.05) is 32.2 Å². The molecule has 2 N–H and O–H groups in total. The summed E-state index contributed by atoms with van der Waals surface area (Å²) in [5.74, 6) is -1.61. The largest absolute Gasteiger partial charge is 0.465 e. The summed E-state index contributed by atoms with van der Waals surface area (Å²) in [7, 11) is 2.74. The SMILES string of the molecule is CCc1[nH]c(C(=O)N[C@H]2CCN(c3cccc(C(=O)OC)c3F)C[C@H]2OC)nc1Cl. The average Bonchev–Trinajstić information content (AvgIpc) is 3.14. The number of amides is 1. The number of benzene rings is 1. The summed E-state index contributed by atoms with van der Waals surface area (Å²) < 4.78 is 25.0. The number of piperidine rings is 1. The topological polar surface area (TPSA) is 96.6 Å². The number of hydrogen-bond acceptors (Lipinski definition) is 6. The highest BCUT2D eigenvalue weighted by atomic mass is 35.5. The number of carbonyl (C=O) groups is 2. The Kier molecular flexibility index (Phi) is 6.94. The van der Waals surface area contributed by atoms with E-state index in [4.69, 9.17) is 16.3 Å². The Morgan fingerprint density at radius 1 is 1.40 bits per heavy atom. The van der Waals surface area contributed by atoms with Gasteiger partial charge in [0, 0.05) is 20.2 Å². The molecule has 1 amide bonds. The van der Waals surface area contributed by atoms with Gasteiger partial charge in [0.1, 0.15) is 0 Å². The van der Waals surface area contributed by atoms with Crippen molar-refractivity contribution in [2.45, 2.75) is 31.9 Å². The van der Waals surface area contributed by atoms with Gasteiger partial charge in [0.25, 0.3) is 5.91 Å². The molecule has 0 aliphatic carbocycles. The number of nitrogens with one attached hydrogen (secondary N) is 2. The molecule has 1 aromatic heterocycles. The van der Waals surface area contributed by atoms with Crippen molar-refractivity contribution in [1.82, 2.24) is 15.3 Å². The van der Waals surface area contributed by atoms with Crippen LogP contribution < -0.4 is 10.2 Å². The minimum atomic E-state index is -0.733. The maximum atomic E-state index is 14.8. The van der Waals surface area contributed by atoms with Gasteiger partial charge in [-0.3, -0.25) is 4.79 Å². The van der Waals surface area contributed by atoms with Crippen LogP contribution in [0.15, 0.2) is 18.2 Å². The van der Waals surface area contributed by atoms with E-state index in [9.17, 15) is 14.0 Å². The Morgan fingerprint density at radius 3 is 2.80 bits per heavy atom. The number of halogens is 2. The number of aromatic nitrogens is 2. The highest BCUT2D eigenvalue weighted by molar-refractivity contribution is 6.30. The molecule has 2 atom stereocenters. The standard InChI is InChI=1S/C20H24ClFN4O4/c1-4-12-17(21)25-18(23-12)19(27)24-13-8-9-26(10-15(13)29-2)14-7-5-6-11(16(14)22)20(28)30-3/h5-7,13,15H,4,8-10H2,1-3H3,(H,23,25)(H,24,27)/t13-,15+/m0/s1. The summed E-state index contributed by atoms with van der Waals surface area (Å²) in [6, 6.07) is 4.29. The Balaban J connectivity index is 1.72. The number of anilines is 1. The van der Waals surface area contributed by atoms with E-state index >= 15 is 0 Å². The number of esters is 1. The fraction of sp³-hybridized carbons (Fsp3) is 0.450. The Labute approximate surface area is 178 Å². The zero-order valence-electron chi connectivity index (χ0n) is 17.0. The molecule has 0 radical (unpaired) electrons. The van der Waals surface area contributed by atoms with E-state index in [1.165, 1.54) is 20.3 Å². The highest BCUT2D eigenvalue weighted by Crippen LogP contribution is 2.27. The van der Waals surface area contributed by atoms with Crippen LogP contribution in [-0.2, 0) is 15.9 Å². The molecule has 0 bridgehead atoms. The van der Waals surface area contributed by atoms with Crippen LogP contribution in [0.1, 0.15) is 40.0 Å². The minimum Gasteiger partial charge on any atom is -0.465 e. The van der Waals surface area contributed by atoms with Crippen LogP contribution in [0, 0.1) is 5.82 Å². The number of methoxy groups -OCH3 is 2. The van der Waals surface area contributed by atoms with Gasteiger partial charge in [-0.25, -0.2) is 14.2 Å². The third-order valence-electron chi connectivity index (χ3n) is 5.20. The molecule has 162 valence electrons. The first-order chi connectivity index (χ1) is 14.4. The van der Waals surface area contributed by atoms with Crippen LogP contribution in [0.25, 0.3) is 0 Å². The molecule has 2 heterocycles. The molecule has 2 aromatic rings. The van der Waals surface area contributed by atoms with E-state index in [2.05, 4.69) is 20.0 Å². The molecule has 8 nitrogen and oxygen atoms in total. The zero-order valence-corrected chi connectivity index (χ0v) is 17.8. The van der Waals surface area contributed by atoms with Gasteiger partial charge in [0.2, 0.25) is 0 Å². The number of carbonyl (C=O) groups excluding carboxylic acids is 2. The maximum absolute atomic E-state index is 14.8. The van der Waals surface area contributed by atoms with Gasteiger partial charge in [-0.05, 0) is 25.0 Å². The molecule has 0 unspecified atom stereocenters. The van der Waals surface area contributed by atoms with E-state index < -0.39 is 11.8 Å². The Hall–Kier alpha value is -2.65. The first-order valence-corrected chi connectivity index (χ1v) is 9.97. The van der Waals surface area contributed by atoms with Crippen molar-refractivity contribution in [1.29, 1.82) is 0 Å². The lowest BCUT2D eigenvalue weighted by molar-refractivity contribution is 0.0535. The van der Waals surface area contributed by atoms with Gasteiger partial charge >= 0.3 is 5.97 Å². The van der Waals surface area contributed by atoms with Crippen LogP contribution in [0.2, 0.25) is 5.15 Å². The third kappa shape index (κ3) is 4.41. The van der Waals surface area contributed by atoms with Crippen molar-refractivity contribution < 1.29 is 23.5 Å². The second-order valence-corrected chi connectivity index (χ2v) is 7.29. The van der Waals surface area contributed by atoms with Crippen LogP contribution in [0.3, 0.4) is 0 Å². The zero-order chi connectivity index (χ0) is 21.8. The van der Waals surface area contributed by atoms with E-state index in [0.29, 0.717) is 31.6 Å². The summed E-state index contributed by atoms with van der Waals surface area (Å²) in [6.07, 6.45) is 0.760. The second kappa shape index (κ2) is 9.44. The lowest BCUT2D eigenvalue weighted by Gasteiger charge is -2.39. The molecular weight excluding hydrogens is 415 g/mol. The van der Waals surface area contributed by atoms with Gasteiger partial charge < -0.3 is 24.7 Å². The van der Waals surface area contributed by atoms with Gasteiger partial charge in [-0.1, -0.05) is 24.6 Å². The minimum absolute atomic E-state index is 0.124. The first-order valence-electron chi connectivity index (χ1n) is 9.59. The number of aromatic amines is 1. The van der Waals surface area contributed by atoms with Crippen molar-refractivity contribution in [3.05, 3.63) is 46.3 Å². The molecule has 3 rings (SSSR count). The van der Waals surface area contributed by atoms with Crippen LogP contribution in [0.4, 0.5) is 10.1 Å². The van der Waals surface area contributed by atoms with E-state index in [-0.39, 0.29) is 40.3 Å². The number of imidazole rings is 1. The maximum Gasteiger partial charge on any atom is 0.340 e. The van der Waals surface area contributed by atoms with E-state index in [1.807, 2.05) is 6.92 Å². The van der Waals surface area contributed by atoms with Crippen molar-refractivity contribution in [3.63, 3.8) is 0 Å². The smallest absolute Gasteiger partial charge is 0.340 e. The predicted molar refractivity (Wildman–Crippen MR) is 110 cm³/mol. The molecule has 10 heteroatoms. The van der Waals surface area contributed by atoms with Gasteiger partial charge in [0.15, 0.2) is 16.8 Å². The predicted octanol–water partition coefficient (Wildman–Crippen LogP) is 2.57. The number of rotatable bonds is 6. The molecule has 0 saturated carbocycles. The fourth-order valence-electron chi connectivity index (χ4n) is 3.54. The molecule has 30 heavy (non-hydrogen) atoms. The van der Waals surface area contributed by atoms with Crippen LogP contribution in [-0.4, -0.2) is 61.3 Å². The number of ether oxygens (including phenoxy) is 2. The summed E-state index contributed by atoms with van der Waals surface area (Å²) in [4.78, 5) is 33.1. The van der Waals surface area contributed by atoms with Crippen molar-refractivity contribution >= 4 is 29.2 Å². The molecule has 1 aromatic carbocycles. The summed E-state index contributed by atoms with van der Waals surface area (Å²) >= 11 is 6.01. The average molecular weight is 439 g/mol. The monoisotopic (exact) mass is 438 g/mol. The van der Waals surface area contributed by atoms with Gasteiger partial charge in [0.05, 0.1) is 36.2 Å². The highest BCUT2D eigenvalue weighted by Gasteiger charge is 2.33. The number of H-pyrrole nitrogens is 1. The molecule has 1 aliphatic heterocycles. The van der Waals surface area contributed by atoms with E-state index in [0.717, 1.165) is 0 Å². The number of nitrogens with zero attached hydrogens (tertiary/aromatic N) is 2. The summed E-state index contributed by atoms with van der Waals surface area (Å²) in [5, 5.41) is 3.19. The Morgan fingerprint density at radius 2 is 2.17 bits per heavy atom. The summed E-state index contributed by atoms with van der Waals surface area (Å²) in [6.45, 7) is 2.71. The summed E-state index contributed by atoms with van der Waals surface area (Å²) in [5.41, 5.74) is 0.858. The molecule has 1 aliphatic rings. The first kappa shape index (κ1) is 22.0. The number of aryl methyl sites for hydroxylation is 1. The number of hydrogen-bond donors (Lipinski definition) is 2. The van der Waals surface area contributed by atoms with Crippen LogP contribution >= 0.6 is 11.6 Å². The quantitative estimate of drug-likeness (QED) is 0.673. The fourth-order valence-corrected chi connectivity index (χ4v) is 3.80. The Bertz CT molecular complexity index is 936.